The average molecular weight is 311 g/mol. The third kappa shape index (κ3) is 2.48. The van der Waals surface area contributed by atoms with Crippen LogP contribution in [-0.2, 0) is 0 Å². The molecule has 0 aliphatic rings. The van der Waals surface area contributed by atoms with Gasteiger partial charge in [0.1, 0.15) is 11.6 Å². The molecular formula is C14H9BrF2O. The van der Waals surface area contributed by atoms with Crippen molar-refractivity contribution in [2.75, 3.05) is 0 Å². The van der Waals surface area contributed by atoms with Crippen molar-refractivity contribution in [3.05, 3.63) is 69.2 Å². The molecule has 0 fully saturated rings. The number of halogens is 3. The highest BCUT2D eigenvalue weighted by Gasteiger charge is 2.18. The number of aryl methyl sites for hydroxylation is 1. The molecule has 0 heterocycles. The van der Waals surface area contributed by atoms with Crippen LogP contribution in [-0.4, -0.2) is 5.78 Å². The Bertz CT molecular complexity index is 570. The Balaban J connectivity index is 2.54. The Labute approximate surface area is 112 Å². The summed E-state index contributed by atoms with van der Waals surface area (Å²) in [6, 6.07) is 8.18. The van der Waals surface area contributed by atoms with Crippen molar-refractivity contribution in [3.63, 3.8) is 0 Å². The second-order valence-electron chi connectivity index (χ2n) is 3.94. The molecule has 2 aromatic rings. The van der Waals surface area contributed by atoms with Crippen molar-refractivity contribution >= 4 is 21.7 Å². The van der Waals surface area contributed by atoms with E-state index in [4.69, 9.17) is 0 Å². The van der Waals surface area contributed by atoms with Crippen LogP contribution in [0.2, 0.25) is 0 Å². The topological polar surface area (TPSA) is 17.1 Å². The van der Waals surface area contributed by atoms with Crippen LogP contribution in [0.5, 0.6) is 0 Å². The van der Waals surface area contributed by atoms with Crippen LogP contribution in [0.25, 0.3) is 0 Å². The Kier molecular flexibility index (Phi) is 3.57. The summed E-state index contributed by atoms with van der Waals surface area (Å²) in [4.78, 5) is 12.1. The van der Waals surface area contributed by atoms with Gasteiger partial charge in [-0.1, -0.05) is 27.6 Å². The van der Waals surface area contributed by atoms with E-state index in [1.54, 1.807) is 13.0 Å². The Morgan fingerprint density at radius 2 is 1.56 bits per heavy atom. The quantitative estimate of drug-likeness (QED) is 0.757. The van der Waals surface area contributed by atoms with E-state index in [0.717, 1.165) is 5.56 Å². The summed E-state index contributed by atoms with van der Waals surface area (Å²) in [6.07, 6.45) is 0. The normalized spacial score (nSPS) is 10.4. The predicted molar refractivity (Wildman–Crippen MR) is 68.7 cm³/mol. The third-order valence-electron chi connectivity index (χ3n) is 2.54. The minimum atomic E-state index is -0.663. The van der Waals surface area contributed by atoms with Crippen LogP contribution < -0.4 is 0 Å². The number of carbonyl (C=O) groups excluding carboxylic acids is 1. The van der Waals surface area contributed by atoms with Gasteiger partial charge in [0.15, 0.2) is 5.78 Å². The van der Waals surface area contributed by atoms with Crippen molar-refractivity contribution in [1.29, 1.82) is 0 Å². The first-order valence-electron chi connectivity index (χ1n) is 5.25. The van der Waals surface area contributed by atoms with E-state index in [9.17, 15) is 13.6 Å². The molecule has 4 heteroatoms. The molecule has 0 bridgehead atoms. The van der Waals surface area contributed by atoms with Gasteiger partial charge in [0.2, 0.25) is 0 Å². The second kappa shape index (κ2) is 4.98. The molecule has 0 spiro atoms. The highest BCUT2D eigenvalue weighted by molar-refractivity contribution is 9.10. The summed E-state index contributed by atoms with van der Waals surface area (Å²) in [5.41, 5.74) is 0.482. The third-order valence-corrected chi connectivity index (χ3v) is 3.03. The summed E-state index contributed by atoms with van der Waals surface area (Å²) in [6.45, 7) is 1.74. The maximum absolute atomic E-state index is 13.6. The van der Waals surface area contributed by atoms with Crippen molar-refractivity contribution < 1.29 is 13.6 Å². The minimum Gasteiger partial charge on any atom is -0.288 e. The van der Waals surface area contributed by atoms with Crippen molar-refractivity contribution in [2.24, 2.45) is 0 Å². The lowest BCUT2D eigenvalue weighted by Crippen LogP contribution is -2.07. The molecule has 0 radical (unpaired) electrons. The molecule has 0 atom stereocenters. The smallest absolute Gasteiger partial charge is 0.198 e. The standard InChI is InChI=1S/C14H9BrF2O/c1-8-2-4-12(16)10(6-8)14(18)11-7-9(15)3-5-13(11)17/h2-7H,1H3. The molecule has 92 valence electrons. The highest BCUT2D eigenvalue weighted by Crippen LogP contribution is 2.21. The number of rotatable bonds is 2. The first kappa shape index (κ1) is 12.9. The highest BCUT2D eigenvalue weighted by atomic mass is 79.9. The molecule has 2 rings (SSSR count). The summed E-state index contributed by atoms with van der Waals surface area (Å²) in [5, 5.41) is 0. The summed E-state index contributed by atoms with van der Waals surface area (Å²) in [7, 11) is 0. The van der Waals surface area contributed by atoms with Gasteiger partial charge >= 0.3 is 0 Å². The zero-order chi connectivity index (χ0) is 13.3. The molecule has 0 aromatic heterocycles. The van der Waals surface area contributed by atoms with E-state index in [0.29, 0.717) is 4.47 Å². The Hall–Kier alpha value is -1.55. The molecule has 0 unspecified atom stereocenters. The SMILES string of the molecule is Cc1ccc(F)c(C(=O)c2cc(Br)ccc2F)c1. The van der Waals surface area contributed by atoms with Crippen LogP contribution >= 0.6 is 15.9 Å². The summed E-state index contributed by atoms with van der Waals surface area (Å²) >= 11 is 3.16. The Morgan fingerprint density at radius 3 is 2.22 bits per heavy atom. The number of ketones is 1. The molecule has 0 saturated heterocycles. The number of hydrogen-bond acceptors (Lipinski definition) is 1. The van der Waals surface area contributed by atoms with Gasteiger partial charge in [0, 0.05) is 4.47 Å². The van der Waals surface area contributed by atoms with Crippen molar-refractivity contribution in [2.45, 2.75) is 6.92 Å². The van der Waals surface area contributed by atoms with Gasteiger partial charge in [-0.25, -0.2) is 8.78 Å². The summed E-state index contributed by atoms with van der Waals surface area (Å²) < 4.78 is 27.7. The van der Waals surface area contributed by atoms with Crippen molar-refractivity contribution in [3.8, 4) is 0 Å². The predicted octanol–water partition coefficient (Wildman–Crippen LogP) is 4.27. The molecule has 0 amide bonds. The van der Waals surface area contributed by atoms with Crippen LogP contribution in [0.15, 0.2) is 40.9 Å². The zero-order valence-corrected chi connectivity index (χ0v) is 11.1. The van der Waals surface area contributed by atoms with Gasteiger partial charge in [0.05, 0.1) is 11.1 Å². The Morgan fingerprint density at radius 1 is 1.00 bits per heavy atom. The van der Waals surface area contributed by atoms with E-state index in [2.05, 4.69) is 15.9 Å². The van der Waals surface area contributed by atoms with Crippen LogP contribution in [0, 0.1) is 18.6 Å². The molecule has 0 aliphatic heterocycles. The molecule has 2 aromatic carbocycles. The first-order valence-corrected chi connectivity index (χ1v) is 6.04. The van der Waals surface area contributed by atoms with Gasteiger partial charge in [-0.2, -0.15) is 0 Å². The van der Waals surface area contributed by atoms with E-state index in [1.165, 1.54) is 30.3 Å². The fraction of sp³-hybridized carbons (Fsp3) is 0.0714. The maximum Gasteiger partial charge on any atom is 0.198 e. The number of benzene rings is 2. The minimum absolute atomic E-state index is 0.119. The summed E-state index contributed by atoms with van der Waals surface area (Å²) in [5.74, 6) is -1.97. The van der Waals surface area contributed by atoms with Gasteiger partial charge in [-0.05, 0) is 37.3 Å². The second-order valence-corrected chi connectivity index (χ2v) is 4.85. The van der Waals surface area contributed by atoms with E-state index in [-0.39, 0.29) is 11.1 Å². The van der Waals surface area contributed by atoms with E-state index in [1.807, 2.05) is 0 Å². The number of hydrogen-bond donors (Lipinski definition) is 0. The fourth-order valence-corrected chi connectivity index (χ4v) is 1.99. The molecule has 0 saturated carbocycles. The van der Waals surface area contributed by atoms with Gasteiger partial charge in [-0.3, -0.25) is 4.79 Å². The molecule has 18 heavy (non-hydrogen) atoms. The van der Waals surface area contributed by atoms with Crippen LogP contribution in [0.1, 0.15) is 21.5 Å². The monoisotopic (exact) mass is 310 g/mol. The lowest BCUT2D eigenvalue weighted by Gasteiger charge is -2.05. The van der Waals surface area contributed by atoms with Gasteiger partial charge in [-0.15, -0.1) is 0 Å². The van der Waals surface area contributed by atoms with E-state index >= 15 is 0 Å². The van der Waals surface area contributed by atoms with E-state index < -0.39 is 17.4 Å². The molecule has 1 nitrogen and oxygen atoms in total. The van der Waals surface area contributed by atoms with Gasteiger partial charge < -0.3 is 0 Å². The maximum atomic E-state index is 13.6. The lowest BCUT2D eigenvalue weighted by molar-refractivity contribution is 0.103. The van der Waals surface area contributed by atoms with Crippen LogP contribution in [0.4, 0.5) is 8.78 Å². The molecular weight excluding hydrogens is 302 g/mol. The number of carbonyl (C=O) groups is 1. The van der Waals surface area contributed by atoms with Crippen LogP contribution in [0.3, 0.4) is 0 Å². The lowest BCUT2D eigenvalue weighted by atomic mass is 10.0. The zero-order valence-electron chi connectivity index (χ0n) is 9.51. The average Bonchev–Trinajstić information content (AvgIpc) is 2.34. The first-order chi connectivity index (χ1) is 8.49. The van der Waals surface area contributed by atoms with Gasteiger partial charge in [0.25, 0.3) is 0 Å². The fourth-order valence-electron chi connectivity index (χ4n) is 1.63. The molecule has 0 aliphatic carbocycles. The molecule has 0 N–H and O–H groups in total. The largest absolute Gasteiger partial charge is 0.288 e. The van der Waals surface area contributed by atoms with Crippen molar-refractivity contribution in [1.82, 2.24) is 0 Å².